The third-order valence-corrected chi connectivity index (χ3v) is 4.82. The molecule has 0 radical (unpaired) electrons. The topological polar surface area (TPSA) is 15.6 Å². The fourth-order valence-electron chi connectivity index (χ4n) is 3.08. The zero-order chi connectivity index (χ0) is 16.4. The van der Waals surface area contributed by atoms with Crippen molar-refractivity contribution in [3.8, 4) is 0 Å². The predicted molar refractivity (Wildman–Crippen MR) is 103 cm³/mol. The number of nitrogens with zero attached hydrogens (tertiary/aromatic N) is 2. The average Bonchev–Trinajstić information content (AvgIpc) is 3.09. The molecule has 0 N–H and O–H groups in total. The van der Waals surface area contributed by atoms with Crippen LogP contribution in [0, 0.1) is 0 Å². The van der Waals surface area contributed by atoms with E-state index < -0.39 is 0 Å². The van der Waals surface area contributed by atoms with Gasteiger partial charge < -0.3 is 0 Å². The molecule has 0 unspecified atom stereocenters. The molecule has 0 amide bonds. The number of halogens is 1. The van der Waals surface area contributed by atoms with Crippen molar-refractivity contribution in [2.75, 3.05) is 5.01 Å². The van der Waals surface area contributed by atoms with Crippen LogP contribution >= 0.6 is 15.9 Å². The van der Waals surface area contributed by atoms with Crippen molar-refractivity contribution in [2.45, 2.75) is 12.5 Å². The summed E-state index contributed by atoms with van der Waals surface area (Å²) in [5, 5.41) is 7.10. The number of rotatable bonds is 3. The molecule has 118 valence electrons. The van der Waals surface area contributed by atoms with Gasteiger partial charge >= 0.3 is 0 Å². The fourth-order valence-corrected chi connectivity index (χ4v) is 3.35. The monoisotopic (exact) mass is 376 g/mol. The molecule has 1 aliphatic heterocycles. The first-order valence-corrected chi connectivity index (χ1v) is 8.83. The maximum atomic E-state index is 4.95. The van der Waals surface area contributed by atoms with Gasteiger partial charge in [-0.2, -0.15) is 5.10 Å². The Bertz CT molecular complexity index is 842. The highest BCUT2D eigenvalue weighted by Crippen LogP contribution is 2.36. The van der Waals surface area contributed by atoms with Crippen LogP contribution < -0.4 is 5.01 Å². The summed E-state index contributed by atoms with van der Waals surface area (Å²) < 4.78 is 1.09. The van der Waals surface area contributed by atoms with E-state index in [0.29, 0.717) is 0 Å². The van der Waals surface area contributed by atoms with E-state index in [9.17, 15) is 0 Å². The highest BCUT2D eigenvalue weighted by Gasteiger charge is 2.29. The molecular weight excluding hydrogens is 360 g/mol. The molecule has 1 atom stereocenters. The Labute approximate surface area is 150 Å². The van der Waals surface area contributed by atoms with Gasteiger partial charge in [-0.05, 0) is 35.4 Å². The van der Waals surface area contributed by atoms with Crippen LogP contribution in [-0.2, 0) is 0 Å². The van der Waals surface area contributed by atoms with Crippen molar-refractivity contribution in [2.24, 2.45) is 5.10 Å². The summed E-state index contributed by atoms with van der Waals surface area (Å²) >= 11 is 3.50. The molecule has 3 aromatic carbocycles. The highest BCUT2D eigenvalue weighted by atomic mass is 79.9. The maximum absolute atomic E-state index is 4.95. The first kappa shape index (κ1) is 15.2. The molecule has 3 aromatic rings. The summed E-state index contributed by atoms with van der Waals surface area (Å²) in [5.74, 6) is 0. The molecule has 1 heterocycles. The van der Waals surface area contributed by atoms with Gasteiger partial charge in [0.05, 0.1) is 17.4 Å². The summed E-state index contributed by atoms with van der Waals surface area (Å²) in [6, 6.07) is 29.6. The minimum absolute atomic E-state index is 0.229. The number of hydrogen-bond donors (Lipinski definition) is 0. The van der Waals surface area contributed by atoms with Gasteiger partial charge in [-0.3, -0.25) is 5.01 Å². The fraction of sp³-hybridized carbons (Fsp3) is 0.0952. The second-order valence-corrected chi connectivity index (χ2v) is 6.78. The molecule has 2 nitrogen and oxygen atoms in total. The van der Waals surface area contributed by atoms with E-state index in [4.69, 9.17) is 5.10 Å². The van der Waals surface area contributed by atoms with Crippen LogP contribution in [-0.4, -0.2) is 5.71 Å². The van der Waals surface area contributed by atoms with Gasteiger partial charge in [0.15, 0.2) is 0 Å². The summed E-state index contributed by atoms with van der Waals surface area (Å²) in [6.45, 7) is 0. The van der Waals surface area contributed by atoms with Gasteiger partial charge in [0.1, 0.15) is 0 Å². The van der Waals surface area contributed by atoms with Crippen molar-refractivity contribution in [3.05, 3.63) is 101 Å². The number of anilines is 1. The second kappa shape index (κ2) is 6.62. The summed E-state index contributed by atoms with van der Waals surface area (Å²) in [5.41, 5.74) is 4.72. The zero-order valence-electron chi connectivity index (χ0n) is 13.1. The normalized spacial score (nSPS) is 17.0. The molecule has 0 saturated heterocycles. The lowest BCUT2D eigenvalue weighted by Crippen LogP contribution is -2.18. The van der Waals surface area contributed by atoms with Crippen LogP contribution in [0.4, 0.5) is 5.69 Å². The van der Waals surface area contributed by atoms with Crippen molar-refractivity contribution >= 4 is 27.3 Å². The molecule has 3 heteroatoms. The molecular formula is C21H17BrN2. The third-order valence-electron chi connectivity index (χ3n) is 4.29. The number of para-hydroxylation sites is 1. The van der Waals surface area contributed by atoms with Crippen LogP contribution in [0.5, 0.6) is 0 Å². The van der Waals surface area contributed by atoms with Gasteiger partial charge in [0, 0.05) is 10.9 Å². The first-order valence-electron chi connectivity index (χ1n) is 8.04. The van der Waals surface area contributed by atoms with Crippen molar-refractivity contribution in [3.63, 3.8) is 0 Å². The molecule has 0 fully saturated rings. The molecule has 4 rings (SSSR count). The van der Waals surface area contributed by atoms with Crippen molar-refractivity contribution in [1.82, 2.24) is 0 Å². The van der Waals surface area contributed by atoms with Crippen LogP contribution in [0.1, 0.15) is 23.6 Å². The average molecular weight is 377 g/mol. The highest BCUT2D eigenvalue weighted by molar-refractivity contribution is 9.10. The van der Waals surface area contributed by atoms with Crippen molar-refractivity contribution < 1.29 is 0 Å². The largest absolute Gasteiger partial charge is 0.257 e. The van der Waals surface area contributed by atoms with Crippen LogP contribution in [0.2, 0.25) is 0 Å². The Kier molecular flexibility index (Phi) is 4.18. The van der Waals surface area contributed by atoms with E-state index in [1.807, 2.05) is 6.07 Å². The molecule has 0 aliphatic carbocycles. The summed E-state index contributed by atoms with van der Waals surface area (Å²) in [4.78, 5) is 0. The van der Waals surface area contributed by atoms with Crippen molar-refractivity contribution in [1.29, 1.82) is 0 Å². The van der Waals surface area contributed by atoms with E-state index in [2.05, 4.69) is 99.8 Å². The van der Waals surface area contributed by atoms with E-state index in [0.717, 1.165) is 22.3 Å². The Balaban J connectivity index is 1.74. The van der Waals surface area contributed by atoms with E-state index in [1.54, 1.807) is 0 Å². The maximum Gasteiger partial charge on any atom is 0.0831 e. The Morgan fingerprint density at radius 3 is 2.08 bits per heavy atom. The Hall–Kier alpha value is -2.39. The smallest absolute Gasteiger partial charge is 0.0831 e. The standard InChI is InChI=1S/C21H17BrN2/c22-18-13-11-16(12-14-18)20-15-21(17-7-3-1-4-8-17)24(23-20)19-9-5-2-6-10-19/h1-14,21H,15H2/t21-/m1/s1. The minimum Gasteiger partial charge on any atom is -0.257 e. The summed E-state index contributed by atoms with van der Waals surface area (Å²) in [7, 11) is 0. The number of hydrogen-bond acceptors (Lipinski definition) is 2. The Morgan fingerprint density at radius 1 is 0.792 bits per heavy atom. The van der Waals surface area contributed by atoms with E-state index >= 15 is 0 Å². The quantitative estimate of drug-likeness (QED) is 0.563. The molecule has 24 heavy (non-hydrogen) atoms. The van der Waals surface area contributed by atoms with Gasteiger partial charge in [0.25, 0.3) is 0 Å². The van der Waals surface area contributed by atoms with Gasteiger partial charge in [-0.15, -0.1) is 0 Å². The second-order valence-electron chi connectivity index (χ2n) is 5.86. The van der Waals surface area contributed by atoms with Crippen LogP contribution in [0.3, 0.4) is 0 Å². The molecule has 0 spiro atoms. The van der Waals surface area contributed by atoms with Crippen LogP contribution in [0.15, 0.2) is 94.5 Å². The minimum atomic E-state index is 0.229. The predicted octanol–water partition coefficient (Wildman–Crippen LogP) is 5.80. The van der Waals surface area contributed by atoms with Gasteiger partial charge in [-0.1, -0.05) is 76.6 Å². The molecule has 1 aliphatic rings. The SMILES string of the molecule is Brc1ccc(C2=NN(c3ccccc3)[C@@H](c3ccccc3)C2)cc1. The van der Waals surface area contributed by atoms with E-state index in [1.165, 1.54) is 11.1 Å². The zero-order valence-corrected chi connectivity index (χ0v) is 14.7. The number of benzene rings is 3. The number of hydrazone groups is 1. The molecule has 0 bridgehead atoms. The lowest BCUT2D eigenvalue weighted by atomic mass is 9.98. The molecule has 0 aromatic heterocycles. The lowest BCUT2D eigenvalue weighted by molar-refractivity contribution is 0.709. The van der Waals surface area contributed by atoms with Crippen LogP contribution in [0.25, 0.3) is 0 Å². The van der Waals surface area contributed by atoms with Gasteiger partial charge in [-0.25, -0.2) is 0 Å². The third kappa shape index (κ3) is 3.00. The lowest BCUT2D eigenvalue weighted by Gasteiger charge is -2.23. The van der Waals surface area contributed by atoms with Gasteiger partial charge in [0.2, 0.25) is 0 Å². The summed E-state index contributed by atoms with van der Waals surface area (Å²) in [6.07, 6.45) is 0.903. The first-order chi connectivity index (χ1) is 11.8. The Morgan fingerprint density at radius 2 is 1.42 bits per heavy atom. The van der Waals surface area contributed by atoms with E-state index in [-0.39, 0.29) is 6.04 Å². The molecule has 0 saturated carbocycles.